The van der Waals surface area contributed by atoms with Crippen LogP contribution in [0.4, 0.5) is 0 Å². The van der Waals surface area contributed by atoms with Crippen LogP contribution in [0.25, 0.3) is 0 Å². The van der Waals surface area contributed by atoms with Crippen molar-refractivity contribution in [2.45, 2.75) is 31.6 Å². The summed E-state index contributed by atoms with van der Waals surface area (Å²) in [4.78, 5) is 11.9. The number of rotatable bonds is 4. The molecule has 2 aliphatic rings. The third-order valence-electron chi connectivity index (χ3n) is 4.44. The lowest BCUT2D eigenvalue weighted by Crippen LogP contribution is -2.36. The molecule has 1 aromatic rings. The van der Waals surface area contributed by atoms with E-state index in [0.29, 0.717) is 18.3 Å². The molecule has 3 nitrogen and oxygen atoms in total. The van der Waals surface area contributed by atoms with Crippen LogP contribution in [0.15, 0.2) is 24.3 Å². The van der Waals surface area contributed by atoms with Gasteiger partial charge in [-0.1, -0.05) is 24.3 Å². The summed E-state index contributed by atoms with van der Waals surface area (Å²) in [5.74, 6) is 1.35. The first kappa shape index (κ1) is 12.7. The Morgan fingerprint density at radius 3 is 2.84 bits per heavy atom. The van der Waals surface area contributed by atoms with Gasteiger partial charge in [0.25, 0.3) is 0 Å². The van der Waals surface area contributed by atoms with E-state index in [4.69, 9.17) is 0 Å². The summed E-state index contributed by atoms with van der Waals surface area (Å²) < 4.78 is 0. The third-order valence-corrected chi connectivity index (χ3v) is 4.44. The summed E-state index contributed by atoms with van der Waals surface area (Å²) >= 11 is 0. The molecule has 102 valence electrons. The predicted molar refractivity (Wildman–Crippen MR) is 76.1 cm³/mol. The molecule has 1 saturated heterocycles. The molecular formula is C16H22N2O. The number of nitrogens with one attached hydrogen (secondary N) is 2. The van der Waals surface area contributed by atoms with Crippen LogP contribution in [-0.2, 0) is 11.2 Å². The monoisotopic (exact) mass is 258 g/mol. The van der Waals surface area contributed by atoms with E-state index in [1.54, 1.807) is 0 Å². The van der Waals surface area contributed by atoms with E-state index < -0.39 is 0 Å². The first-order chi connectivity index (χ1) is 9.33. The van der Waals surface area contributed by atoms with Crippen LogP contribution in [-0.4, -0.2) is 25.5 Å². The van der Waals surface area contributed by atoms with Gasteiger partial charge in [0.1, 0.15) is 0 Å². The zero-order valence-corrected chi connectivity index (χ0v) is 11.3. The molecule has 1 unspecified atom stereocenters. The van der Waals surface area contributed by atoms with E-state index in [9.17, 15) is 4.79 Å². The maximum absolute atomic E-state index is 11.9. The Bertz CT molecular complexity index is 452. The molecule has 0 bridgehead atoms. The molecule has 1 atom stereocenters. The lowest BCUT2D eigenvalue weighted by molar-refractivity contribution is -0.122. The smallest absolute Gasteiger partial charge is 0.220 e. The minimum atomic E-state index is 0.233. The van der Waals surface area contributed by atoms with Crippen molar-refractivity contribution in [2.75, 3.05) is 19.6 Å². The molecule has 0 aromatic heterocycles. The quantitative estimate of drug-likeness (QED) is 0.865. The fraction of sp³-hybridized carbons (Fsp3) is 0.562. The standard InChI is InChI=1S/C16H22N2O/c19-16(9-12-5-7-17-8-6-12)18-11-14-10-13-3-1-2-4-15(13)14/h1-4,12,14,17H,5-11H2,(H,18,19). The van der Waals surface area contributed by atoms with Crippen LogP contribution in [0.2, 0.25) is 0 Å². The molecule has 0 saturated carbocycles. The molecule has 1 fully saturated rings. The molecule has 19 heavy (non-hydrogen) atoms. The Morgan fingerprint density at radius 2 is 2.05 bits per heavy atom. The Kier molecular flexibility index (Phi) is 3.83. The minimum Gasteiger partial charge on any atom is -0.355 e. The van der Waals surface area contributed by atoms with E-state index in [1.807, 2.05) is 0 Å². The van der Waals surface area contributed by atoms with Gasteiger partial charge in [-0.15, -0.1) is 0 Å². The number of amides is 1. The second-order valence-electron chi connectivity index (χ2n) is 5.80. The number of carbonyl (C=O) groups excluding carboxylic acids is 1. The highest BCUT2D eigenvalue weighted by molar-refractivity contribution is 5.76. The van der Waals surface area contributed by atoms with Crippen LogP contribution >= 0.6 is 0 Å². The van der Waals surface area contributed by atoms with Gasteiger partial charge in [0, 0.05) is 18.9 Å². The van der Waals surface area contributed by atoms with Crippen molar-refractivity contribution >= 4 is 5.91 Å². The van der Waals surface area contributed by atoms with Crippen LogP contribution in [0.1, 0.15) is 36.3 Å². The zero-order chi connectivity index (χ0) is 13.1. The average Bonchev–Trinajstić information content (AvgIpc) is 2.41. The fourth-order valence-corrected chi connectivity index (χ4v) is 3.20. The topological polar surface area (TPSA) is 41.1 Å². The van der Waals surface area contributed by atoms with Gasteiger partial charge in [0.05, 0.1) is 0 Å². The Labute approximate surface area is 114 Å². The molecule has 3 rings (SSSR count). The number of hydrogen-bond donors (Lipinski definition) is 2. The molecule has 0 radical (unpaired) electrons. The molecule has 2 N–H and O–H groups in total. The zero-order valence-electron chi connectivity index (χ0n) is 11.3. The Hall–Kier alpha value is -1.35. The molecule has 1 heterocycles. The highest BCUT2D eigenvalue weighted by atomic mass is 16.1. The highest BCUT2D eigenvalue weighted by Gasteiger charge is 2.25. The summed E-state index contributed by atoms with van der Waals surface area (Å²) in [7, 11) is 0. The van der Waals surface area contributed by atoms with Crippen molar-refractivity contribution in [3.05, 3.63) is 35.4 Å². The van der Waals surface area contributed by atoms with Gasteiger partial charge in [0.15, 0.2) is 0 Å². The molecule has 3 heteroatoms. The highest BCUT2D eigenvalue weighted by Crippen LogP contribution is 2.34. The normalized spacial score (nSPS) is 22.4. The summed E-state index contributed by atoms with van der Waals surface area (Å²) in [5, 5.41) is 6.45. The second kappa shape index (κ2) is 5.74. The largest absolute Gasteiger partial charge is 0.355 e. The number of hydrogen-bond acceptors (Lipinski definition) is 2. The van der Waals surface area contributed by atoms with Crippen molar-refractivity contribution < 1.29 is 4.79 Å². The fourth-order valence-electron chi connectivity index (χ4n) is 3.20. The van der Waals surface area contributed by atoms with Crippen molar-refractivity contribution in [3.63, 3.8) is 0 Å². The number of carbonyl (C=O) groups is 1. The minimum absolute atomic E-state index is 0.233. The lowest BCUT2D eigenvalue weighted by Gasteiger charge is -2.30. The van der Waals surface area contributed by atoms with Crippen molar-refractivity contribution in [2.24, 2.45) is 5.92 Å². The molecular weight excluding hydrogens is 236 g/mol. The van der Waals surface area contributed by atoms with Crippen LogP contribution in [0.3, 0.4) is 0 Å². The number of fused-ring (bicyclic) bond motifs is 1. The van der Waals surface area contributed by atoms with Crippen molar-refractivity contribution in [1.29, 1.82) is 0 Å². The first-order valence-electron chi connectivity index (χ1n) is 7.38. The maximum Gasteiger partial charge on any atom is 0.220 e. The van der Waals surface area contributed by atoms with Gasteiger partial charge in [-0.3, -0.25) is 4.79 Å². The summed E-state index contributed by atoms with van der Waals surface area (Å²) in [6.45, 7) is 2.93. The first-order valence-corrected chi connectivity index (χ1v) is 7.38. The van der Waals surface area contributed by atoms with E-state index in [-0.39, 0.29) is 5.91 Å². The third kappa shape index (κ3) is 2.98. The van der Waals surface area contributed by atoms with Gasteiger partial charge in [-0.05, 0) is 49.4 Å². The van der Waals surface area contributed by atoms with Crippen LogP contribution < -0.4 is 10.6 Å². The molecule has 1 aromatic carbocycles. The van der Waals surface area contributed by atoms with Gasteiger partial charge in [0.2, 0.25) is 5.91 Å². The summed E-state index contributed by atoms with van der Waals surface area (Å²) in [6, 6.07) is 8.54. The Balaban J connectivity index is 1.42. The van der Waals surface area contributed by atoms with Gasteiger partial charge in [-0.25, -0.2) is 0 Å². The molecule has 1 amide bonds. The molecule has 0 spiro atoms. The average molecular weight is 258 g/mol. The van der Waals surface area contributed by atoms with Gasteiger partial charge >= 0.3 is 0 Å². The lowest BCUT2D eigenvalue weighted by atomic mass is 9.77. The van der Waals surface area contributed by atoms with Crippen molar-refractivity contribution in [1.82, 2.24) is 10.6 Å². The Morgan fingerprint density at radius 1 is 1.26 bits per heavy atom. The van der Waals surface area contributed by atoms with Crippen LogP contribution in [0.5, 0.6) is 0 Å². The SMILES string of the molecule is O=C(CC1CCNCC1)NCC1Cc2ccccc21. The molecule has 1 aliphatic heterocycles. The van der Waals surface area contributed by atoms with Gasteiger partial charge in [-0.2, -0.15) is 0 Å². The maximum atomic E-state index is 11.9. The number of benzene rings is 1. The van der Waals surface area contributed by atoms with E-state index in [2.05, 4.69) is 34.9 Å². The van der Waals surface area contributed by atoms with E-state index in [1.165, 1.54) is 11.1 Å². The summed E-state index contributed by atoms with van der Waals surface area (Å²) in [6.07, 6.45) is 4.10. The van der Waals surface area contributed by atoms with Crippen LogP contribution in [0, 0.1) is 5.92 Å². The van der Waals surface area contributed by atoms with E-state index >= 15 is 0 Å². The predicted octanol–water partition coefficient (Wildman–Crippen LogP) is 1.83. The van der Waals surface area contributed by atoms with Gasteiger partial charge < -0.3 is 10.6 Å². The molecule has 1 aliphatic carbocycles. The number of piperidine rings is 1. The summed E-state index contributed by atoms with van der Waals surface area (Å²) in [5.41, 5.74) is 2.87. The van der Waals surface area contributed by atoms with Crippen molar-refractivity contribution in [3.8, 4) is 0 Å². The van der Waals surface area contributed by atoms with E-state index in [0.717, 1.165) is 38.9 Å². The second-order valence-corrected chi connectivity index (χ2v) is 5.80.